The molecule has 2 aromatic rings. The number of imidazole rings is 1. The molecule has 2 fully saturated rings. The van der Waals surface area contributed by atoms with Gasteiger partial charge in [0.1, 0.15) is 23.3 Å². The summed E-state index contributed by atoms with van der Waals surface area (Å²) in [6.07, 6.45) is 6.96. The molecule has 4 rings (SSSR count). The summed E-state index contributed by atoms with van der Waals surface area (Å²) in [5, 5.41) is 2.76. The molecule has 0 spiro atoms. The van der Waals surface area contributed by atoms with E-state index in [9.17, 15) is 14.4 Å². The van der Waals surface area contributed by atoms with Crippen LogP contribution in [-0.2, 0) is 25.6 Å². The first-order valence-electron chi connectivity index (χ1n) is 11.7. The fourth-order valence-corrected chi connectivity index (χ4v) is 4.82. The van der Waals surface area contributed by atoms with Crippen molar-refractivity contribution in [2.75, 3.05) is 20.2 Å². The first kappa shape index (κ1) is 24.0. The molecular weight excluding hydrogens is 438 g/mol. The molecule has 2 aliphatic heterocycles. The molecule has 2 aromatic heterocycles. The molecule has 2 aliphatic rings. The number of esters is 1. The average Bonchev–Trinajstić information content (AvgIpc) is 3.40. The molecule has 0 aromatic carbocycles. The van der Waals surface area contributed by atoms with E-state index in [1.54, 1.807) is 31.9 Å². The Labute approximate surface area is 199 Å². The number of alkyl carbamates (subject to hydrolysis) is 1. The van der Waals surface area contributed by atoms with Crippen LogP contribution in [0.2, 0.25) is 0 Å². The molecule has 1 N–H and O–H groups in total. The van der Waals surface area contributed by atoms with Crippen molar-refractivity contribution in [3.63, 3.8) is 0 Å². The molecular formula is C24H33N5O5. The zero-order valence-corrected chi connectivity index (χ0v) is 20.2. The SMILES string of the molecule is COC(=O)[C@@H]1CC[C@@H]2CCN(Cc3ccn4ccnc4c3)C[C@H](NC(=O)OC(C)(C)C)C(=O)N21. The highest BCUT2D eigenvalue weighted by atomic mass is 16.6. The van der Waals surface area contributed by atoms with E-state index in [2.05, 4.69) is 15.2 Å². The molecule has 3 atom stereocenters. The van der Waals surface area contributed by atoms with E-state index in [4.69, 9.17) is 9.47 Å². The number of hydrogen-bond acceptors (Lipinski definition) is 7. The number of ether oxygens (including phenoxy) is 2. The van der Waals surface area contributed by atoms with Crippen LogP contribution in [0.5, 0.6) is 0 Å². The number of nitrogens with one attached hydrogen (secondary N) is 1. The minimum Gasteiger partial charge on any atom is -0.467 e. The van der Waals surface area contributed by atoms with Crippen molar-refractivity contribution in [3.8, 4) is 0 Å². The summed E-state index contributed by atoms with van der Waals surface area (Å²) < 4.78 is 12.3. The summed E-state index contributed by atoms with van der Waals surface area (Å²) >= 11 is 0. The zero-order chi connectivity index (χ0) is 24.5. The standard InChI is InChI=1S/C24H33N5O5/c1-24(2,3)34-23(32)26-18-15-27(14-16-7-11-28-12-9-25-20(28)13-16)10-8-17-5-6-19(22(31)33-4)29(17)21(18)30/h7,9,11-13,17-19H,5-6,8,10,14-15H2,1-4H3,(H,26,32)/t17-,18+,19+/m1/s1. The summed E-state index contributed by atoms with van der Waals surface area (Å²) in [5.74, 6) is -0.700. The zero-order valence-electron chi connectivity index (χ0n) is 20.2. The Hall–Kier alpha value is -3.14. The number of fused-ring (bicyclic) bond motifs is 2. The maximum atomic E-state index is 13.7. The molecule has 0 unspecified atom stereocenters. The lowest BCUT2D eigenvalue weighted by atomic mass is 10.1. The van der Waals surface area contributed by atoms with Crippen molar-refractivity contribution in [1.29, 1.82) is 0 Å². The number of rotatable bonds is 4. The molecule has 0 radical (unpaired) electrons. The van der Waals surface area contributed by atoms with Gasteiger partial charge in [-0.15, -0.1) is 0 Å². The van der Waals surface area contributed by atoms with Gasteiger partial charge in [0.05, 0.1) is 7.11 Å². The molecule has 2 saturated heterocycles. The molecule has 184 valence electrons. The van der Waals surface area contributed by atoms with Crippen LogP contribution in [0.4, 0.5) is 4.79 Å². The number of amides is 2. The highest BCUT2D eigenvalue weighted by molar-refractivity contribution is 5.90. The summed E-state index contributed by atoms with van der Waals surface area (Å²) in [5.41, 5.74) is 1.23. The summed E-state index contributed by atoms with van der Waals surface area (Å²) in [6, 6.07) is 2.49. The fourth-order valence-electron chi connectivity index (χ4n) is 4.82. The Kier molecular flexibility index (Phi) is 6.79. The third kappa shape index (κ3) is 5.32. The Balaban J connectivity index is 1.57. The van der Waals surface area contributed by atoms with Gasteiger partial charge in [-0.05, 0) is 57.7 Å². The van der Waals surface area contributed by atoms with E-state index in [-0.39, 0.29) is 11.9 Å². The van der Waals surface area contributed by atoms with Gasteiger partial charge < -0.3 is 24.1 Å². The first-order valence-corrected chi connectivity index (χ1v) is 11.7. The van der Waals surface area contributed by atoms with E-state index >= 15 is 0 Å². The largest absolute Gasteiger partial charge is 0.467 e. The van der Waals surface area contributed by atoms with Gasteiger partial charge in [-0.3, -0.25) is 9.69 Å². The molecule has 0 aliphatic carbocycles. The number of hydrogen-bond donors (Lipinski definition) is 1. The van der Waals surface area contributed by atoms with Crippen molar-refractivity contribution >= 4 is 23.6 Å². The second-order valence-electron chi connectivity index (χ2n) is 9.97. The van der Waals surface area contributed by atoms with Crippen LogP contribution < -0.4 is 5.32 Å². The number of pyridine rings is 1. The maximum absolute atomic E-state index is 13.7. The van der Waals surface area contributed by atoms with Gasteiger partial charge in [-0.1, -0.05) is 0 Å². The van der Waals surface area contributed by atoms with Crippen LogP contribution >= 0.6 is 0 Å². The van der Waals surface area contributed by atoms with Crippen molar-refractivity contribution in [1.82, 2.24) is 24.5 Å². The second kappa shape index (κ2) is 9.61. The molecule has 0 bridgehead atoms. The van der Waals surface area contributed by atoms with E-state index < -0.39 is 29.7 Å². The second-order valence-corrected chi connectivity index (χ2v) is 9.97. The topological polar surface area (TPSA) is 105 Å². The number of carbonyl (C=O) groups is 3. The Morgan fingerprint density at radius 1 is 1.21 bits per heavy atom. The van der Waals surface area contributed by atoms with E-state index in [0.29, 0.717) is 26.1 Å². The van der Waals surface area contributed by atoms with Gasteiger partial charge in [-0.2, -0.15) is 0 Å². The number of nitrogens with zero attached hydrogens (tertiary/aromatic N) is 4. The van der Waals surface area contributed by atoms with E-state index in [0.717, 1.165) is 24.1 Å². The van der Waals surface area contributed by atoms with Crippen LogP contribution in [0.25, 0.3) is 5.65 Å². The minimum absolute atomic E-state index is 0.0860. The third-order valence-electron chi connectivity index (χ3n) is 6.31. The Morgan fingerprint density at radius 3 is 2.74 bits per heavy atom. The fraction of sp³-hybridized carbons (Fsp3) is 0.583. The number of aromatic nitrogens is 2. The van der Waals surface area contributed by atoms with Crippen LogP contribution in [-0.4, -0.2) is 81.1 Å². The van der Waals surface area contributed by atoms with Crippen molar-refractivity contribution in [3.05, 3.63) is 36.3 Å². The molecule has 4 heterocycles. The van der Waals surface area contributed by atoms with Crippen molar-refractivity contribution in [2.45, 2.75) is 70.3 Å². The predicted molar refractivity (Wildman–Crippen MR) is 124 cm³/mol. The molecule has 2 amide bonds. The minimum atomic E-state index is -0.849. The number of methoxy groups -OCH3 is 1. The maximum Gasteiger partial charge on any atom is 0.408 e. The van der Waals surface area contributed by atoms with Gasteiger partial charge in [0.2, 0.25) is 5.91 Å². The quantitative estimate of drug-likeness (QED) is 0.680. The highest BCUT2D eigenvalue weighted by Crippen LogP contribution is 2.30. The van der Waals surface area contributed by atoms with Crippen molar-refractivity contribution in [2.24, 2.45) is 0 Å². The third-order valence-corrected chi connectivity index (χ3v) is 6.31. The Morgan fingerprint density at radius 2 is 2.00 bits per heavy atom. The molecule has 0 saturated carbocycles. The lowest BCUT2D eigenvalue weighted by molar-refractivity contribution is -0.153. The summed E-state index contributed by atoms with van der Waals surface area (Å²) in [4.78, 5) is 46.8. The van der Waals surface area contributed by atoms with Crippen molar-refractivity contribution < 1.29 is 23.9 Å². The van der Waals surface area contributed by atoms with Gasteiger partial charge in [-0.25, -0.2) is 14.6 Å². The smallest absolute Gasteiger partial charge is 0.408 e. The van der Waals surface area contributed by atoms with Gasteiger partial charge in [0.15, 0.2) is 0 Å². The monoisotopic (exact) mass is 471 g/mol. The van der Waals surface area contributed by atoms with E-state index in [1.165, 1.54) is 7.11 Å². The number of carbonyl (C=O) groups excluding carboxylic acids is 3. The van der Waals surface area contributed by atoms with Crippen LogP contribution in [0, 0.1) is 0 Å². The average molecular weight is 472 g/mol. The van der Waals surface area contributed by atoms with E-state index in [1.807, 2.05) is 28.9 Å². The van der Waals surface area contributed by atoms with Gasteiger partial charge in [0, 0.05) is 44.3 Å². The lowest BCUT2D eigenvalue weighted by Gasteiger charge is -2.38. The summed E-state index contributed by atoms with van der Waals surface area (Å²) in [7, 11) is 1.33. The van der Waals surface area contributed by atoms with Crippen LogP contribution in [0.15, 0.2) is 30.7 Å². The van der Waals surface area contributed by atoms with Gasteiger partial charge in [0.25, 0.3) is 0 Å². The lowest BCUT2D eigenvalue weighted by Crippen LogP contribution is -2.60. The predicted octanol–water partition coefficient (Wildman–Crippen LogP) is 1.97. The van der Waals surface area contributed by atoms with Gasteiger partial charge >= 0.3 is 12.1 Å². The first-order chi connectivity index (χ1) is 16.1. The highest BCUT2D eigenvalue weighted by Gasteiger charge is 2.45. The summed E-state index contributed by atoms with van der Waals surface area (Å²) in [6.45, 7) is 6.94. The van der Waals surface area contributed by atoms with Crippen LogP contribution in [0.3, 0.4) is 0 Å². The molecule has 10 nitrogen and oxygen atoms in total. The molecule has 34 heavy (non-hydrogen) atoms. The Bertz CT molecular complexity index is 1060. The normalized spacial score (nSPS) is 23.8. The molecule has 10 heteroatoms. The van der Waals surface area contributed by atoms with Crippen LogP contribution in [0.1, 0.15) is 45.6 Å².